The van der Waals surface area contributed by atoms with Gasteiger partial charge < -0.3 is 5.32 Å². The summed E-state index contributed by atoms with van der Waals surface area (Å²) in [5.41, 5.74) is 0. The zero-order valence-corrected chi connectivity index (χ0v) is 13.0. The van der Waals surface area contributed by atoms with Crippen LogP contribution in [0.1, 0.15) is 35.4 Å². The number of sulfonamides is 1. The number of aryl methyl sites for hydroxylation is 1. The van der Waals surface area contributed by atoms with Crippen molar-refractivity contribution in [3.63, 3.8) is 0 Å². The molecule has 0 radical (unpaired) electrons. The van der Waals surface area contributed by atoms with Gasteiger partial charge in [0.1, 0.15) is 0 Å². The number of nitrogens with one attached hydrogen (secondary N) is 1. The van der Waals surface area contributed by atoms with Crippen molar-refractivity contribution in [1.82, 2.24) is 9.62 Å². The highest BCUT2D eigenvalue weighted by molar-refractivity contribution is 7.89. The molecule has 0 aromatic carbocycles. The summed E-state index contributed by atoms with van der Waals surface area (Å²) in [6, 6.07) is 2.72. The van der Waals surface area contributed by atoms with E-state index >= 15 is 0 Å². The summed E-state index contributed by atoms with van der Waals surface area (Å²) < 4.78 is 26.6. The van der Waals surface area contributed by atoms with Gasteiger partial charge in [0.25, 0.3) is 0 Å². The molecule has 4 nitrogen and oxygen atoms in total. The molecule has 6 heteroatoms. The smallest absolute Gasteiger partial charge is 0.244 e. The first kappa shape index (κ1) is 13.5. The van der Waals surface area contributed by atoms with Crippen molar-refractivity contribution in [2.45, 2.75) is 56.1 Å². The van der Waals surface area contributed by atoms with Crippen LogP contribution in [0, 0.1) is 6.92 Å². The van der Waals surface area contributed by atoms with E-state index in [1.807, 2.05) is 13.0 Å². The van der Waals surface area contributed by atoms with Crippen LogP contribution in [0.5, 0.6) is 0 Å². The standard InChI is InChI=1S/C13H20N2O2S2/c1-9-13(19(16,17)15(2)11-5-6-11)7-12(18-9)8-14-10-3-4-10/h7,10-11,14H,3-6,8H2,1-2H3. The Morgan fingerprint density at radius 3 is 2.63 bits per heavy atom. The van der Waals surface area contributed by atoms with Crippen molar-refractivity contribution in [3.8, 4) is 0 Å². The monoisotopic (exact) mass is 300 g/mol. The molecule has 3 rings (SSSR count). The van der Waals surface area contributed by atoms with E-state index in [-0.39, 0.29) is 6.04 Å². The zero-order valence-electron chi connectivity index (χ0n) is 11.3. The summed E-state index contributed by atoms with van der Waals surface area (Å²) in [7, 11) is -1.59. The molecular weight excluding hydrogens is 280 g/mol. The van der Waals surface area contributed by atoms with Gasteiger partial charge in [0, 0.05) is 35.4 Å². The molecule has 0 atom stereocenters. The topological polar surface area (TPSA) is 49.4 Å². The number of thiophene rings is 1. The Kier molecular flexibility index (Phi) is 3.45. The van der Waals surface area contributed by atoms with Crippen molar-refractivity contribution in [3.05, 3.63) is 15.8 Å². The van der Waals surface area contributed by atoms with Crippen molar-refractivity contribution in [2.75, 3.05) is 7.05 Å². The summed E-state index contributed by atoms with van der Waals surface area (Å²) in [5, 5.41) is 3.43. The van der Waals surface area contributed by atoms with Gasteiger partial charge in [-0.3, -0.25) is 0 Å². The highest BCUT2D eigenvalue weighted by Crippen LogP contribution is 2.34. The molecule has 0 amide bonds. The molecule has 2 fully saturated rings. The molecule has 1 aromatic heterocycles. The third-order valence-electron chi connectivity index (χ3n) is 3.78. The maximum atomic E-state index is 12.5. The predicted octanol–water partition coefficient (Wildman–Crippen LogP) is 2.09. The Labute approximate surface area is 118 Å². The molecule has 1 aromatic rings. The SMILES string of the molecule is Cc1sc(CNC2CC2)cc1S(=O)(=O)N(C)C1CC1. The molecule has 0 aliphatic heterocycles. The van der Waals surface area contributed by atoms with Crippen LogP contribution in [0.15, 0.2) is 11.0 Å². The van der Waals surface area contributed by atoms with E-state index in [1.54, 1.807) is 22.7 Å². The summed E-state index contributed by atoms with van der Waals surface area (Å²) in [6.45, 7) is 2.69. The first-order valence-corrected chi connectivity index (χ1v) is 9.05. The average Bonchev–Trinajstić information content (AvgIpc) is 3.24. The second-order valence-electron chi connectivity index (χ2n) is 5.54. The predicted molar refractivity (Wildman–Crippen MR) is 76.9 cm³/mol. The Hall–Kier alpha value is -0.430. The van der Waals surface area contributed by atoms with E-state index in [0.717, 1.165) is 29.1 Å². The van der Waals surface area contributed by atoms with Crippen molar-refractivity contribution in [1.29, 1.82) is 0 Å². The summed E-state index contributed by atoms with van der Waals surface area (Å²) in [6.07, 6.45) is 4.49. The van der Waals surface area contributed by atoms with Crippen LogP contribution >= 0.6 is 11.3 Å². The quantitative estimate of drug-likeness (QED) is 0.875. The summed E-state index contributed by atoms with van der Waals surface area (Å²) in [4.78, 5) is 2.52. The molecule has 1 heterocycles. The normalized spacial score (nSPS) is 20.2. The molecule has 2 saturated carbocycles. The van der Waals surface area contributed by atoms with Gasteiger partial charge in [-0.05, 0) is 38.7 Å². The third-order valence-corrected chi connectivity index (χ3v) is 7.00. The van der Waals surface area contributed by atoms with Gasteiger partial charge in [-0.25, -0.2) is 8.42 Å². The summed E-state index contributed by atoms with van der Waals surface area (Å²) in [5.74, 6) is 0. The Balaban J connectivity index is 1.78. The van der Waals surface area contributed by atoms with Gasteiger partial charge in [0.05, 0.1) is 4.90 Å². The van der Waals surface area contributed by atoms with Gasteiger partial charge in [-0.1, -0.05) is 0 Å². The van der Waals surface area contributed by atoms with Gasteiger partial charge in [-0.15, -0.1) is 11.3 Å². The van der Waals surface area contributed by atoms with Crippen LogP contribution in [0.3, 0.4) is 0 Å². The highest BCUT2D eigenvalue weighted by atomic mass is 32.2. The molecule has 1 N–H and O–H groups in total. The van der Waals surface area contributed by atoms with Crippen LogP contribution in [-0.4, -0.2) is 31.9 Å². The van der Waals surface area contributed by atoms with Crippen LogP contribution in [0.4, 0.5) is 0 Å². The second-order valence-corrected chi connectivity index (χ2v) is 8.85. The van der Waals surface area contributed by atoms with Crippen LogP contribution in [0.2, 0.25) is 0 Å². The maximum Gasteiger partial charge on any atom is 0.244 e. The molecule has 0 spiro atoms. The third kappa shape index (κ3) is 2.86. The largest absolute Gasteiger partial charge is 0.309 e. The first-order chi connectivity index (χ1) is 8.98. The average molecular weight is 300 g/mol. The lowest BCUT2D eigenvalue weighted by atomic mass is 10.4. The first-order valence-electron chi connectivity index (χ1n) is 6.79. The second kappa shape index (κ2) is 4.84. The Morgan fingerprint density at radius 1 is 1.37 bits per heavy atom. The van der Waals surface area contributed by atoms with E-state index in [2.05, 4.69) is 5.32 Å². The maximum absolute atomic E-state index is 12.5. The fourth-order valence-corrected chi connectivity index (χ4v) is 5.16. The van der Waals surface area contributed by atoms with Crippen LogP contribution < -0.4 is 5.32 Å². The molecule has 0 bridgehead atoms. The lowest BCUT2D eigenvalue weighted by Gasteiger charge is -2.15. The number of hydrogen-bond donors (Lipinski definition) is 1. The number of nitrogens with zero attached hydrogens (tertiary/aromatic N) is 1. The van der Waals surface area contributed by atoms with Crippen molar-refractivity contribution >= 4 is 21.4 Å². The van der Waals surface area contributed by atoms with E-state index in [9.17, 15) is 8.42 Å². The van der Waals surface area contributed by atoms with E-state index in [4.69, 9.17) is 0 Å². The van der Waals surface area contributed by atoms with E-state index < -0.39 is 10.0 Å². The van der Waals surface area contributed by atoms with Crippen LogP contribution in [0.25, 0.3) is 0 Å². The van der Waals surface area contributed by atoms with Crippen molar-refractivity contribution in [2.24, 2.45) is 0 Å². The molecule has 2 aliphatic carbocycles. The van der Waals surface area contributed by atoms with E-state index in [0.29, 0.717) is 10.9 Å². The number of hydrogen-bond acceptors (Lipinski definition) is 4. The minimum Gasteiger partial charge on any atom is -0.309 e. The Morgan fingerprint density at radius 2 is 2.05 bits per heavy atom. The Bertz CT molecular complexity index is 571. The van der Waals surface area contributed by atoms with Gasteiger partial charge in [0.2, 0.25) is 10.0 Å². The summed E-state index contributed by atoms with van der Waals surface area (Å²) >= 11 is 1.59. The van der Waals surface area contributed by atoms with Gasteiger partial charge in [-0.2, -0.15) is 4.31 Å². The lowest BCUT2D eigenvalue weighted by molar-refractivity contribution is 0.464. The van der Waals surface area contributed by atoms with Crippen molar-refractivity contribution < 1.29 is 8.42 Å². The van der Waals surface area contributed by atoms with Gasteiger partial charge in [0.15, 0.2) is 0 Å². The molecule has 19 heavy (non-hydrogen) atoms. The minimum absolute atomic E-state index is 0.220. The molecule has 2 aliphatic rings. The fourth-order valence-electron chi connectivity index (χ4n) is 2.19. The number of rotatable bonds is 6. The lowest BCUT2D eigenvalue weighted by Crippen LogP contribution is -2.29. The molecule has 0 saturated heterocycles. The zero-order chi connectivity index (χ0) is 13.6. The van der Waals surface area contributed by atoms with Crippen LogP contribution in [-0.2, 0) is 16.6 Å². The molecule has 106 valence electrons. The fraction of sp³-hybridized carbons (Fsp3) is 0.692. The van der Waals surface area contributed by atoms with Gasteiger partial charge >= 0.3 is 0 Å². The molecule has 0 unspecified atom stereocenters. The minimum atomic E-state index is -3.29. The molecular formula is C13H20N2O2S2. The highest BCUT2D eigenvalue weighted by Gasteiger charge is 2.36. The van der Waals surface area contributed by atoms with E-state index in [1.165, 1.54) is 12.8 Å².